The van der Waals surface area contributed by atoms with Gasteiger partial charge in [0, 0.05) is 18.9 Å². The van der Waals surface area contributed by atoms with Crippen LogP contribution in [0.15, 0.2) is 23.8 Å². The number of allylic oxidation sites excluding steroid dienone is 3. The number of rotatable bonds is 19. The van der Waals surface area contributed by atoms with Crippen LogP contribution in [0.4, 0.5) is 0 Å². The van der Waals surface area contributed by atoms with Gasteiger partial charge in [-0.05, 0) is 87.9 Å². The summed E-state index contributed by atoms with van der Waals surface area (Å²) in [6.07, 6.45) is -33.2. The first-order chi connectivity index (χ1) is 41.3. The van der Waals surface area contributed by atoms with E-state index in [1.807, 2.05) is 27.7 Å². The summed E-state index contributed by atoms with van der Waals surface area (Å²) >= 11 is 0. The van der Waals surface area contributed by atoms with Gasteiger partial charge in [0.2, 0.25) is 0 Å². The molecule has 4 aliphatic carbocycles. The zero-order chi connectivity index (χ0) is 64.1. The molecule has 0 aromatic rings. The summed E-state index contributed by atoms with van der Waals surface area (Å²) in [7, 11) is -4.11. The fraction of sp³-hybridized carbons (Fsp3) is 0.897. The molecule has 12 N–H and O–H groups in total. The first kappa shape index (κ1) is 68.5. The first-order valence-electron chi connectivity index (χ1n) is 30.4. The maximum absolute atomic E-state index is 14.5. The molecule has 6 heterocycles. The number of ketones is 1. The minimum atomic E-state index is -5.29. The Balaban J connectivity index is 0.907. The highest BCUT2D eigenvalue weighted by Gasteiger charge is 2.79. The number of cyclic esters (lactones) is 1. The fourth-order valence-electron chi connectivity index (χ4n) is 17.0. The van der Waals surface area contributed by atoms with Crippen LogP contribution < -0.4 is 0 Å². The smallest absolute Gasteiger partial charge is 0.397 e. The molecule has 10 aliphatic rings. The van der Waals surface area contributed by atoms with Crippen molar-refractivity contribution in [3.05, 3.63) is 23.8 Å². The van der Waals surface area contributed by atoms with E-state index < -0.39 is 218 Å². The lowest BCUT2D eigenvalue weighted by atomic mass is 9.41. The van der Waals surface area contributed by atoms with Crippen LogP contribution in [0.2, 0.25) is 0 Å². The average molecular weight is 1280 g/mol. The van der Waals surface area contributed by atoms with E-state index in [-0.39, 0.29) is 30.0 Å². The molecule has 9 fully saturated rings. The molecule has 1 spiro atoms. The van der Waals surface area contributed by atoms with E-state index in [4.69, 9.17) is 61.0 Å². The van der Waals surface area contributed by atoms with Crippen molar-refractivity contribution in [2.75, 3.05) is 40.1 Å². The Morgan fingerprint density at radius 1 is 0.670 bits per heavy atom. The summed E-state index contributed by atoms with van der Waals surface area (Å²) < 4.78 is 111. The van der Waals surface area contributed by atoms with E-state index in [9.17, 15) is 78.7 Å². The summed E-state index contributed by atoms with van der Waals surface area (Å²) in [5.41, 5.74) is -1.79. The number of fused-ring (bicyclic) bond motifs is 4. The summed E-state index contributed by atoms with van der Waals surface area (Å²) in [5, 5.41) is 122. The molecular weight excluding hydrogens is 1190 g/mol. The van der Waals surface area contributed by atoms with Gasteiger partial charge in [-0.1, -0.05) is 44.9 Å². The quantitative estimate of drug-likeness (QED) is 0.0367. The van der Waals surface area contributed by atoms with Crippen LogP contribution in [0.3, 0.4) is 0 Å². The van der Waals surface area contributed by atoms with Gasteiger partial charge in [-0.3, -0.25) is 14.1 Å². The minimum absolute atomic E-state index is 0.0329. The van der Waals surface area contributed by atoms with Gasteiger partial charge in [0.05, 0.1) is 50.5 Å². The topological polar surface area (TPSA) is 431 Å². The lowest BCUT2D eigenvalue weighted by Crippen LogP contribution is -2.67. The Morgan fingerprint density at radius 3 is 1.93 bits per heavy atom. The van der Waals surface area contributed by atoms with Crippen molar-refractivity contribution < 1.29 is 140 Å². The lowest BCUT2D eigenvalue weighted by molar-refractivity contribution is -0.401. The number of aliphatic hydroxyl groups excluding tert-OH is 11. The number of hydrogen-bond donors (Lipinski definition) is 12. The number of carbonyl (C=O) groups excluding carboxylic acids is 2. The van der Waals surface area contributed by atoms with Gasteiger partial charge in [-0.15, -0.1) is 6.58 Å². The fourth-order valence-corrected chi connectivity index (χ4v) is 17.5. The van der Waals surface area contributed by atoms with Gasteiger partial charge in [-0.25, -0.2) is 4.18 Å². The molecule has 30 atom stereocenters. The molecule has 29 nitrogen and oxygen atoms in total. The van der Waals surface area contributed by atoms with Crippen LogP contribution in [0.1, 0.15) is 99.3 Å². The monoisotopic (exact) mass is 1280 g/mol. The Kier molecular flexibility index (Phi) is 20.0. The zero-order valence-corrected chi connectivity index (χ0v) is 51.2. The van der Waals surface area contributed by atoms with E-state index in [0.717, 1.165) is 24.0 Å². The van der Waals surface area contributed by atoms with E-state index >= 15 is 0 Å². The number of ether oxygens (including phenoxy) is 12. The number of esters is 1. The summed E-state index contributed by atoms with van der Waals surface area (Å²) in [6, 6.07) is 0. The molecular formula is C58H90O29S. The number of methoxy groups -OCH3 is 1. The van der Waals surface area contributed by atoms with E-state index in [0.29, 0.717) is 38.5 Å². The Morgan fingerprint density at radius 2 is 1.27 bits per heavy atom. The molecule has 6 saturated heterocycles. The maximum Gasteiger partial charge on any atom is 0.397 e. The van der Waals surface area contributed by atoms with Gasteiger partial charge in [0.1, 0.15) is 115 Å². The number of hydrogen-bond acceptors (Lipinski definition) is 28. The van der Waals surface area contributed by atoms with Gasteiger partial charge >= 0.3 is 16.4 Å². The van der Waals surface area contributed by atoms with E-state index in [1.165, 1.54) is 7.11 Å². The zero-order valence-electron chi connectivity index (χ0n) is 50.4. The third kappa shape index (κ3) is 11.9. The standard InChI is InChI=1S/C58H90O29S/c1-24(2)10-9-15-57(7)47-27(61)18-56(6)26-11-12-33-54(3,4)34(14-16-55(33,5)25(26)13-17-58(47,56)53(71)86-57)81-51-45(37(66)32(23-78-51)87-88(72,73)74)85-52-46(84-48-38(67)35(64)28(62)21-76-48)39(68)43(31(20-60)80-52)83-49-40(69)42(29(63)22-77-49)82-50-41(70)44(75-8)36(65)30(19-59)79-50/h11,25,28-52,59-60,62-70H,1,9-10,12-23H2,2-8H3,(H,72,73,74)/t25-,28-,29-,30-,31-,32-,33?,34+,35+,36-,37+,38-,39+,40-,41-,42+,43-,44+,45-,46-,47-,48+,49+,50+,51+,52+,55-,56+,57+,58-/m1/s1. The SMILES string of the molecule is C=C(C)CCC[C@]1(C)OC(=O)[C@]23CC[C@@H]4C(=CCC5C(C)(C)[C@@H](O[C@@H]6OC[C@@H](OS(=O)(=O)O)[C@H](O)[C@H]6O[C@@H]6O[C@H](CO)[C@@H](O[C@@H]7OC[C@@H](O)[C@H](O[C@@H]8O[C@H](CO)[C@@H](O)[C@H](OC)[C@H]8O)[C@H]7O)[C@H](O)[C@H]6O[C@@H]6OC[C@@H](O)[C@H](O)[C@H]6O)CC[C@@]54C)[C@]2(C)CC(=O)[C@@H]31. The molecule has 502 valence electrons. The largest absolute Gasteiger partial charge is 0.458 e. The normalized spacial score (nSPS) is 50.3. The van der Waals surface area contributed by atoms with Crippen LogP contribution in [-0.2, 0) is 81.0 Å². The van der Waals surface area contributed by atoms with Crippen molar-refractivity contribution >= 4 is 22.2 Å². The Bertz CT molecular complexity index is 2670. The average Bonchev–Trinajstić information content (AvgIpc) is 1.49. The van der Waals surface area contributed by atoms with Crippen LogP contribution in [0.25, 0.3) is 0 Å². The van der Waals surface area contributed by atoms with Crippen molar-refractivity contribution in [2.45, 2.75) is 246 Å². The predicted molar refractivity (Wildman–Crippen MR) is 293 cm³/mol. The van der Waals surface area contributed by atoms with Gasteiger partial charge in [0.15, 0.2) is 31.5 Å². The molecule has 10 rings (SSSR count). The van der Waals surface area contributed by atoms with Gasteiger partial charge < -0.3 is 113 Å². The molecule has 0 bridgehead atoms. The maximum atomic E-state index is 14.5. The lowest BCUT2D eigenvalue weighted by Gasteiger charge is -2.63. The van der Waals surface area contributed by atoms with Crippen LogP contribution in [-0.4, -0.2) is 268 Å². The van der Waals surface area contributed by atoms with Crippen LogP contribution >= 0.6 is 0 Å². The summed E-state index contributed by atoms with van der Waals surface area (Å²) in [6.45, 7) is 12.6. The second-order valence-electron chi connectivity index (χ2n) is 27.2. The first-order valence-corrected chi connectivity index (χ1v) is 31.7. The third-order valence-electron chi connectivity index (χ3n) is 21.5. The van der Waals surface area contributed by atoms with Crippen molar-refractivity contribution in [1.29, 1.82) is 0 Å². The third-order valence-corrected chi connectivity index (χ3v) is 22.0. The summed E-state index contributed by atoms with van der Waals surface area (Å²) in [5.74, 6) is -1.01. The number of aliphatic hydroxyl groups is 11. The predicted octanol–water partition coefficient (Wildman–Crippen LogP) is -2.31. The van der Waals surface area contributed by atoms with Crippen molar-refractivity contribution in [3.63, 3.8) is 0 Å². The molecule has 88 heavy (non-hydrogen) atoms. The van der Waals surface area contributed by atoms with Crippen molar-refractivity contribution in [3.8, 4) is 0 Å². The van der Waals surface area contributed by atoms with E-state index in [1.54, 1.807) is 0 Å². The highest BCUT2D eigenvalue weighted by atomic mass is 32.3. The molecule has 3 saturated carbocycles. The minimum Gasteiger partial charge on any atom is -0.458 e. The molecule has 0 radical (unpaired) electrons. The number of carbonyl (C=O) groups is 2. The highest BCUT2D eigenvalue weighted by Crippen LogP contribution is 2.75. The van der Waals surface area contributed by atoms with Crippen molar-refractivity contribution in [2.24, 2.45) is 39.4 Å². The molecule has 0 aromatic carbocycles. The van der Waals surface area contributed by atoms with Gasteiger partial charge in [-0.2, -0.15) is 8.42 Å². The van der Waals surface area contributed by atoms with Gasteiger partial charge in [0.25, 0.3) is 0 Å². The Labute approximate surface area is 509 Å². The van der Waals surface area contributed by atoms with E-state index in [2.05, 4.69) is 26.5 Å². The second kappa shape index (κ2) is 25.7. The summed E-state index contributed by atoms with van der Waals surface area (Å²) in [4.78, 5) is 28.9. The molecule has 30 heteroatoms. The highest BCUT2D eigenvalue weighted by molar-refractivity contribution is 7.80. The molecule has 0 aromatic heterocycles. The van der Waals surface area contributed by atoms with Crippen LogP contribution in [0.5, 0.6) is 0 Å². The molecule has 1 unspecified atom stereocenters. The second-order valence-corrected chi connectivity index (χ2v) is 28.3. The Hall–Kier alpha value is -2.39. The molecule has 0 amide bonds. The van der Waals surface area contributed by atoms with Crippen molar-refractivity contribution in [1.82, 2.24) is 0 Å². The van der Waals surface area contributed by atoms with Crippen LogP contribution in [0, 0.1) is 39.4 Å². The molecule has 6 aliphatic heterocycles. The number of Topliss-reactive ketones (excluding diaryl/α,β-unsaturated/α-hetero) is 1.